The zero-order valence-corrected chi connectivity index (χ0v) is 51.7. The van der Waals surface area contributed by atoms with E-state index in [0.29, 0.717) is 33.5 Å². The molecule has 0 atom stereocenters. The van der Waals surface area contributed by atoms with Crippen molar-refractivity contribution in [2.75, 3.05) is 9.80 Å². The Kier molecular flexibility index (Phi) is 13.7. The first-order valence-corrected chi connectivity index (χ1v) is 31.9. The van der Waals surface area contributed by atoms with Crippen LogP contribution in [0.25, 0.3) is 110 Å². The second-order valence-corrected chi connectivity index (χ2v) is 24.5. The van der Waals surface area contributed by atoms with E-state index < -0.39 is 0 Å². The van der Waals surface area contributed by atoms with Crippen LogP contribution in [0.2, 0.25) is 0 Å². The number of benzene rings is 14. The molecule has 0 aliphatic carbocycles. The molecule has 0 spiro atoms. The maximum Gasteiger partial charge on any atom is 0.252 e. The molecular weight excluding hydrogens is 1170 g/mol. The van der Waals surface area contributed by atoms with Crippen LogP contribution >= 0.6 is 0 Å². The van der Waals surface area contributed by atoms with Crippen LogP contribution in [0.4, 0.5) is 39.8 Å². The summed E-state index contributed by atoms with van der Waals surface area (Å²) in [6.07, 6.45) is 0. The van der Waals surface area contributed by atoms with E-state index in [9.17, 15) is 15.8 Å². The first kappa shape index (κ1) is 56.5. The molecule has 2 aliphatic rings. The van der Waals surface area contributed by atoms with E-state index in [-0.39, 0.29) is 6.71 Å². The number of anilines is 6. The third-order valence-electron chi connectivity index (χ3n) is 18.9. The number of fused-ring (bicyclic) bond motifs is 7. The number of para-hydroxylation sites is 3. The summed E-state index contributed by atoms with van der Waals surface area (Å²) in [7, 11) is 0. The maximum absolute atomic E-state index is 10.4. The van der Waals surface area contributed by atoms with Crippen LogP contribution in [-0.2, 0) is 0 Å². The summed E-state index contributed by atoms with van der Waals surface area (Å²) in [6, 6.07) is 118. The van der Waals surface area contributed by atoms with Crippen molar-refractivity contribution in [3.8, 4) is 102 Å². The van der Waals surface area contributed by atoms with E-state index in [1.54, 1.807) is 24.3 Å². The van der Waals surface area contributed by atoms with E-state index in [1.165, 1.54) is 16.4 Å². The second kappa shape index (κ2) is 23.3. The van der Waals surface area contributed by atoms with Crippen molar-refractivity contribution in [3.63, 3.8) is 0 Å². The number of nitriles is 3. The van der Waals surface area contributed by atoms with Gasteiger partial charge >= 0.3 is 0 Å². The van der Waals surface area contributed by atoms with Crippen molar-refractivity contribution in [1.29, 1.82) is 15.8 Å². The lowest BCUT2D eigenvalue weighted by atomic mass is 9.33. The molecule has 8 heteroatoms. The fourth-order valence-corrected chi connectivity index (χ4v) is 14.7. The van der Waals surface area contributed by atoms with Gasteiger partial charge in [0.25, 0.3) is 6.71 Å². The third-order valence-corrected chi connectivity index (χ3v) is 18.9. The smallest absolute Gasteiger partial charge is 0.252 e. The molecule has 0 N–H and O–H groups in total. The molecule has 0 fully saturated rings. The number of hydrogen-bond donors (Lipinski definition) is 0. The predicted molar refractivity (Wildman–Crippen MR) is 393 cm³/mol. The van der Waals surface area contributed by atoms with E-state index in [0.717, 1.165) is 128 Å². The summed E-state index contributed by atoms with van der Waals surface area (Å²) >= 11 is 0. The molecule has 0 unspecified atom stereocenters. The molecule has 14 aromatic carbocycles. The van der Waals surface area contributed by atoms with Crippen molar-refractivity contribution >= 4 is 84.7 Å². The summed E-state index contributed by atoms with van der Waals surface area (Å²) < 4.78 is 2.28. The Hall–Kier alpha value is -13.5. The van der Waals surface area contributed by atoms with E-state index in [4.69, 9.17) is 6.57 Å². The van der Waals surface area contributed by atoms with Gasteiger partial charge in [0, 0.05) is 56.0 Å². The van der Waals surface area contributed by atoms with Crippen molar-refractivity contribution in [3.05, 3.63) is 344 Å². The highest BCUT2D eigenvalue weighted by Crippen LogP contribution is 2.50. The third kappa shape index (κ3) is 9.66. The van der Waals surface area contributed by atoms with Crippen LogP contribution in [0.5, 0.6) is 0 Å². The molecule has 0 radical (unpaired) electrons. The normalized spacial score (nSPS) is 11.9. The number of hydrogen-bond acceptors (Lipinski definition) is 5. The van der Waals surface area contributed by atoms with Crippen LogP contribution in [0.3, 0.4) is 0 Å². The zero-order chi connectivity index (χ0) is 64.4. The zero-order valence-electron chi connectivity index (χ0n) is 51.7. The van der Waals surface area contributed by atoms with Gasteiger partial charge in [-0.3, -0.25) is 0 Å². The van der Waals surface area contributed by atoms with Gasteiger partial charge in [-0.15, -0.1) is 0 Å². The minimum atomic E-state index is -0.134. The molecule has 15 aromatic rings. The lowest BCUT2D eigenvalue weighted by Crippen LogP contribution is -2.61. The van der Waals surface area contributed by atoms with Crippen LogP contribution in [0.15, 0.2) is 315 Å². The molecule has 0 saturated heterocycles. The van der Waals surface area contributed by atoms with Crippen molar-refractivity contribution < 1.29 is 0 Å². The second-order valence-electron chi connectivity index (χ2n) is 24.5. The average molecular weight is 1220 g/mol. The number of nitrogens with zero attached hydrogens (tertiary/aromatic N) is 7. The predicted octanol–water partition coefficient (Wildman–Crippen LogP) is 20.7. The first-order valence-electron chi connectivity index (χ1n) is 31.9. The molecule has 0 bridgehead atoms. The highest BCUT2D eigenvalue weighted by atomic mass is 15.2. The quantitative estimate of drug-likeness (QED) is 0.101. The van der Waals surface area contributed by atoms with Crippen molar-refractivity contribution in [1.82, 2.24) is 4.57 Å². The number of aromatic nitrogens is 1. The highest BCUT2D eigenvalue weighted by Gasteiger charge is 2.44. The Morgan fingerprint density at radius 3 is 1.22 bits per heavy atom. The van der Waals surface area contributed by atoms with E-state index in [2.05, 4.69) is 304 Å². The topological polar surface area (TPSA) is 87.1 Å². The highest BCUT2D eigenvalue weighted by molar-refractivity contribution is 7.00. The van der Waals surface area contributed by atoms with Gasteiger partial charge in [0.1, 0.15) is 0 Å². The summed E-state index contributed by atoms with van der Waals surface area (Å²) in [5, 5.41) is 32.9. The molecule has 7 nitrogen and oxygen atoms in total. The molecule has 96 heavy (non-hydrogen) atoms. The SMILES string of the molecule is [C-]#[N+]c1cc(C#N)cc(-c2ccc(-n3c4ccccc4c4cc(-c5cc6c7c(c5)N(c5cc(-c8ccccc8)cc(-c8ccccc8)c5)c5ccccc5B7c5ccccc5N6c5cc(-c6ccccc6)cc(-c6ccccc6)c5)ccc43)c(-c3cc(C#N)cc(C#N)c3)c2)c1. The van der Waals surface area contributed by atoms with Gasteiger partial charge in [-0.05, 0) is 216 Å². The molecule has 2 aliphatic heterocycles. The molecule has 0 amide bonds. The Morgan fingerprint density at radius 2 is 0.708 bits per heavy atom. The molecule has 17 rings (SSSR count). The summed E-state index contributed by atoms with van der Waals surface area (Å²) in [6.45, 7) is 7.76. The lowest BCUT2D eigenvalue weighted by Gasteiger charge is -2.44. The molecular formula is C88H52BN7. The van der Waals surface area contributed by atoms with Gasteiger partial charge in [0.15, 0.2) is 5.69 Å². The van der Waals surface area contributed by atoms with Crippen molar-refractivity contribution in [2.45, 2.75) is 0 Å². The lowest BCUT2D eigenvalue weighted by molar-refractivity contribution is 1.18. The van der Waals surface area contributed by atoms with Gasteiger partial charge < -0.3 is 14.4 Å². The largest absolute Gasteiger partial charge is 0.311 e. The van der Waals surface area contributed by atoms with Crippen LogP contribution in [-0.4, -0.2) is 11.3 Å². The van der Waals surface area contributed by atoms with Crippen LogP contribution < -0.4 is 26.2 Å². The van der Waals surface area contributed by atoms with Crippen LogP contribution in [0.1, 0.15) is 16.7 Å². The number of rotatable bonds is 10. The maximum atomic E-state index is 10.4. The summed E-state index contributed by atoms with van der Waals surface area (Å²) in [5.74, 6) is 0. The van der Waals surface area contributed by atoms with E-state index in [1.807, 2.05) is 24.3 Å². The van der Waals surface area contributed by atoms with Crippen molar-refractivity contribution in [2.24, 2.45) is 0 Å². The van der Waals surface area contributed by atoms with Gasteiger partial charge in [0.05, 0.1) is 52.6 Å². The van der Waals surface area contributed by atoms with Crippen LogP contribution in [0, 0.1) is 40.6 Å². The summed E-state index contributed by atoms with van der Waals surface area (Å²) in [5.41, 5.74) is 28.2. The van der Waals surface area contributed by atoms with Gasteiger partial charge in [0.2, 0.25) is 0 Å². The van der Waals surface area contributed by atoms with E-state index >= 15 is 0 Å². The Balaban J connectivity index is 0.939. The monoisotopic (exact) mass is 1220 g/mol. The fraction of sp³-hybridized carbons (Fsp3) is 0. The Morgan fingerprint density at radius 1 is 0.292 bits per heavy atom. The average Bonchev–Trinajstić information content (AvgIpc) is 0.733. The Labute approximate surface area is 556 Å². The van der Waals surface area contributed by atoms with Gasteiger partial charge in [-0.2, -0.15) is 15.8 Å². The minimum Gasteiger partial charge on any atom is -0.311 e. The minimum absolute atomic E-state index is 0.134. The summed E-state index contributed by atoms with van der Waals surface area (Å²) in [4.78, 5) is 8.74. The Bertz CT molecular complexity index is 5470. The first-order chi connectivity index (χ1) is 47.4. The fourth-order valence-electron chi connectivity index (χ4n) is 14.7. The van der Waals surface area contributed by atoms with Gasteiger partial charge in [-0.25, -0.2) is 4.85 Å². The van der Waals surface area contributed by atoms with Gasteiger partial charge in [-0.1, -0.05) is 188 Å². The molecule has 3 heterocycles. The molecule has 442 valence electrons. The molecule has 1 aromatic heterocycles. The standard InChI is InChI=1S/C88H52BN7/c1-93-73-42-59(56-92)39-66(45-73)64-34-36-82(77(50-64)72-40-57(54-90)38-58(41-72)55-91)96-81-31-17-14-28-76(81)78-51-65(35-37-83(78)96)71-52-86-88-87(53-71)95(75-48-69(62-24-10-4-11-25-62)44-70(49-75)63-26-12-5-13-27-63)85-33-19-16-30-80(85)89(88)79-29-15-18-32-84(79)94(86)74-46-67(60-20-6-2-7-21-60)43-68(47-74)61-22-8-3-9-23-61/h2-53H. The molecule has 0 saturated carbocycles.